The minimum absolute atomic E-state index is 0.0568. The third-order valence-electron chi connectivity index (χ3n) is 3.75. The summed E-state index contributed by atoms with van der Waals surface area (Å²) in [6, 6.07) is 9.34. The molecule has 1 N–H and O–H groups in total. The zero-order chi connectivity index (χ0) is 16.4. The van der Waals surface area contributed by atoms with Crippen molar-refractivity contribution < 1.29 is 19.4 Å². The highest BCUT2D eigenvalue weighted by atomic mass is 16.6. The molecule has 23 heavy (non-hydrogen) atoms. The van der Waals surface area contributed by atoms with E-state index in [1.807, 2.05) is 30.3 Å². The Morgan fingerprint density at radius 2 is 2.00 bits per heavy atom. The second-order valence-electron chi connectivity index (χ2n) is 5.36. The number of hydrogen-bond donors (Lipinski definition) is 1. The summed E-state index contributed by atoms with van der Waals surface area (Å²) in [6.45, 7) is 2.78. The number of aryl methyl sites for hydroxylation is 2. The maximum Gasteiger partial charge on any atom is 0.415 e. The van der Waals surface area contributed by atoms with Gasteiger partial charge >= 0.3 is 12.1 Å². The maximum atomic E-state index is 12.4. The predicted molar refractivity (Wildman–Crippen MR) is 82.5 cm³/mol. The van der Waals surface area contributed by atoms with Gasteiger partial charge in [0.25, 0.3) is 0 Å². The SMILES string of the molecule is Cc1nn2c(c1C(=O)O)N(C(=O)OCc1ccccc1)CCC2. The Bertz CT molecular complexity index is 739. The third-order valence-corrected chi connectivity index (χ3v) is 3.75. The number of carboxylic acid groups (broad SMARTS) is 1. The lowest BCUT2D eigenvalue weighted by Crippen LogP contribution is -2.38. The lowest BCUT2D eigenvalue weighted by Gasteiger charge is -2.27. The van der Waals surface area contributed by atoms with Gasteiger partial charge in [-0.2, -0.15) is 5.10 Å². The molecule has 7 nitrogen and oxygen atoms in total. The first-order chi connectivity index (χ1) is 11.1. The largest absolute Gasteiger partial charge is 0.477 e. The van der Waals surface area contributed by atoms with Gasteiger partial charge in [0.15, 0.2) is 5.82 Å². The number of fused-ring (bicyclic) bond motifs is 1. The molecule has 0 fully saturated rings. The molecule has 0 bridgehead atoms. The maximum absolute atomic E-state index is 12.4. The van der Waals surface area contributed by atoms with Crippen LogP contribution in [0.1, 0.15) is 28.0 Å². The molecule has 7 heteroatoms. The fourth-order valence-corrected chi connectivity index (χ4v) is 2.71. The van der Waals surface area contributed by atoms with Crippen LogP contribution in [0.5, 0.6) is 0 Å². The average Bonchev–Trinajstić information content (AvgIpc) is 2.89. The summed E-state index contributed by atoms with van der Waals surface area (Å²) in [7, 11) is 0. The number of nitrogens with zero attached hydrogens (tertiary/aromatic N) is 3. The van der Waals surface area contributed by atoms with Crippen LogP contribution in [0, 0.1) is 6.92 Å². The second-order valence-corrected chi connectivity index (χ2v) is 5.36. The monoisotopic (exact) mass is 315 g/mol. The Balaban J connectivity index is 1.82. The zero-order valence-corrected chi connectivity index (χ0v) is 12.7. The highest BCUT2D eigenvalue weighted by molar-refractivity contribution is 6.00. The Kier molecular flexibility index (Phi) is 4.01. The van der Waals surface area contributed by atoms with Crippen LogP contribution in [0.2, 0.25) is 0 Å². The fraction of sp³-hybridized carbons (Fsp3) is 0.312. The quantitative estimate of drug-likeness (QED) is 0.940. The normalized spacial score (nSPS) is 13.5. The second kappa shape index (κ2) is 6.12. The number of carbonyl (C=O) groups is 2. The van der Waals surface area contributed by atoms with E-state index in [-0.39, 0.29) is 12.2 Å². The molecule has 1 aliphatic rings. The topological polar surface area (TPSA) is 84.7 Å². The zero-order valence-electron chi connectivity index (χ0n) is 12.7. The molecule has 3 rings (SSSR count). The van der Waals surface area contributed by atoms with Gasteiger partial charge < -0.3 is 9.84 Å². The smallest absolute Gasteiger partial charge is 0.415 e. The van der Waals surface area contributed by atoms with Crippen LogP contribution in [0.25, 0.3) is 0 Å². The van der Waals surface area contributed by atoms with Crippen molar-refractivity contribution in [1.82, 2.24) is 9.78 Å². The number of benzene rings is 1. The minimum atomic E-state index is -1.09. The number of carboxylic acids is 1. The van der Waals surface area contributed by atoms with E-state index in [1.54, 1.807) is 11.6 Å². The fourth-order valence-electron chi connectivity index (χ4n) is 2.71. The molecule has 0 unspecified atom stereocenters. The van der Waals surface area contributed by atoms with Crippen LogP contribution in [0.15, 0.2) is 30.3 Å². The van der Waals surface area contributed by atoms with Crippen molar-refractivity contribution in [2.45, 2.75) is 26.5 Å². The Hall–Kier alpha value is -2.83. The molecular formula is C16H17N3O4. The standard InChI is InChI=1S/C16H17N3O4/c1-11-13(15(20)21)14-18(8-5-9-19(14)17-11)16(22)23-10-12-6-3-2-4-7-12/h2-4,6-7H,5,8-10H2,1H3,(H,20,21). The molecule has 1 aromatic heterocycles. The predicted octanol–water partition coefficient (Wildman–Crippen LogP) is 2.44. The number of rotatable bonds is 3. The van der Waals surface area contributed by atoms with Gasteiger partial charge in [0.1, 0.15) is 12.2 Å². The van der Waals surface area contributed by atoms with Crippen molar-refractivity contribution in [3.63, 3.8) is 0 Å². The van der Waals surface area contributed by atoms with Crippen molar-refractivity contribution >= 4 is 17.9 Å². The van der Waals surface area contributed by atoms with Crippen molar-refractivity contribution in [1.29, 1.82) is 0 Å². The third kappa shape index (κ3) is 2.90. The van der Waals surface area contributed by atoms with E-state index in [0.29, 0.717) is 31.0 Å². The molecule has 1 aromatic carbocycles. The Labute approximate surface area is 133 Å². The van der Waals surface area contributed by atoms with Crippen molar-refractivity contribution in [3.05, 3.63) is 47.2 Å². The molecule has 0 saturated carbocycles. The lowest BCUT2D eigenvalue weighted by molar-refractivity contribution is 0.0696. The molecule has 0 radical (unpaired) electrons. The van der Waals surface area contributed by atoms with Gasteiger partial charge in [0.05, 0.1) is 5.69 Å². The average molecular weight is 315 g/mol. The van der Waals surface area contributed by atoms with E-state index in [1.165, 1.54) is 4.90 Å². The van der Waals surface area contributed by atoms with Crippen molar-refractivity contribution in [2.24, 2.45) is 0 Å². The highest BCUT2D eigenvalue weighted by Gasteiger charge is 2.32. The van der Waals surface area contributed by atoms with E-state index >= 15 is 0 Å². The summed E-state index contributed by atoms with van der Waals surface area (Å²) in [6.07, 6.45) is 0.144. The van der Waals surface area contributed by atoms with Gasteiger partial charge in [-0.15, -0.1) is 0 Å². The van der Waals surface area contributed by atoms with E-state index in [4.69, 9.17) is 4.74 Å². The lowest BCUT2D eigenvalue weighted by atomic mass is 10.2. The number of aromatic carboxylic acids is 1. The van der Waals surface area contributed by atoms with E-state index in [9.17, 15) is 14.7 Å². The van der Waals surface area contributed by atoms with Crippen LogP contribution in [0.3, 0.4) is 0 Å². The Morgan fingerprint density at radius 3 is 2.70 bits per heavy atom. The first-order valence-electron chi connectivity index (χ1n) is 7.37. The molecule has 0 atom stereocenters. The van der Waals surface area contributed by atoms with Gasteiger partial charge in [-0.25, -0.2) is 14.3 Å². The van der Waals surface area contributed by atoms with Gasteiger partial charge in [-0.3, -0.25) is 4.90 Å². The highest BCUT2D eigenvalue weighted by Crippen LogP contribution is 2.28. The Morgan fingerprint density at radius 1 is 1.26 bits per heavy atom. The van der Waals surface area contributed by atoms with Crippen LogP contribution in [0.4, 0.5) is 10.6 Å². The van der Waals surface area contributed by atoms with Crippen LogP contribution >= 0.6 is 0 Å². The number of carbonyl (C=O) groups excluding carboxylic acids is 1. The van der Waals surface area contributed by atoms with E-state index in [0.717, 1.165) is 5.56 Å². The van der Waals surface area contributed by atoms with Gasteiger partial charge in [-0.1, -0.05) is 30.3 Å². The minimum Gasteiger partial charge on any atom is -0.477 e. The van der Waals surface area contributed by atoms with Gasteiger partial charge in [0.2, 0.25) is 0 Å². The molecule has 120 valence electrons. The van der Waals surface area contributed by atoms with Gasteiger partial charge in [0, 0.05) is 13.1 Å². The van der Waals surface area contributed by atoms with Crippen LogP contribution < -0.4 is 4.90 Å². The number of hydrogen-bond acceptors (Lipinski definition) is 4. The molecular weight excluding hydrogens is 298 g/mol. The molecule has 2 aromatic rings. The number of ether oxygens (including phenoxy) is 1. The van der Waals surface area contributed by atoms with E-state index in [2.05, 4.69) is 5.10 Å². The number of aromatic nitrogens is 2. The summed E-state index contributed by atoms with van der Waals surface area (Å²) < 4.78 is 6.88. The molecule has 0 saturated heterocycles. The molecule has 1 aliphatic heterocycles. The summed E-state index contributed by atoms with van der Waals surface area (Å²) in [5, 5.41) is 13.6. The summed E-state index contributed by atoms with van der Waals surface area (Å²) >= 11 is 0. The van der Waals surface area contributed by atoms with E-state index < -0.39 is 12.1 Å². The molecule has 0 spiro atoms. The summed E-state index contributed by atoms with van der Waals surface area (Å²) in [4.78, 5) is 25.2. The molecule has 2 heterocycles. The van der Waals surface area contributed by atoms with Crippen LogP contribution in [-0.2, 0) is 17.9 Å². The number of anilines is 1. The molecule has 1 amide bonds. The van der Waals surface area contributed by atoms with Crippen molar-refractivity contribution in [2.75, 3.05) is 11.4 Å². The number of amides is 1. The molecule has 0 aliphatic carbocycles. The van der Waals surface area contributed by atoms with Crippen molar-refractivity contribution in [3.8, 4) is 0 Å². The first kappa shape index (κ1) is 15.1. The summed E-state index contributed by atoms with van der Waals surface area (Å²) in [5.41, 5.74) is 1.33. The van der Waals surface area contributed by atoms with Crippen LogP contribution in [-0.4, -0.2) is 33.5 Å². The summed E-state index contributed by atoms with van der Waals surface area (Å²) in [5.74, 6) is -0.786. The first-order valence-corrected chi connectivity index (χ1v) is 7.37. The van der Waals surface area contributed by atoms with Gasteiger partial charge in [-0.05, 0) is 18.9 Å².